The lowest BCUT2D eigenvalue weighted by Gasteiger charge is -2.20. The molecule has 0 unspecified atom stereocenters. The fourth-order valence-electron chi connectivity index (χ4n) is 3.02. The molecule has 0 radical (unpaired) electrons. The molecule has 10 heteroatoms. The fourth-order valence-corrected chi connectivity index (χ4v) is 4.38. The van der Waals surface area contributed by atoms with Gasteiger partial charge in [-0.1, -0.05) is 24.3 Å². The lowest BCUT2D eigenvalue weighted by molar-refractivity contribution is -0.136. The minimum Gasteiger partial charge on any atom is -0.481 e. The van der Waals surface area contributed by atoms with Gasteiger partial charge in [-0.25, -0.2) is 22.8 Å². The lowest BCUT2D eigenvalue weighted by Crippen LogP contribution is -2.40. The number of pyridine rings is 1. The van der Waals surface area contributed by atoms with Gasteiger partial charge in [0.15, 0.2) is 5.82 Å². The molecule has 2 aromatic heterocycles. The molecule has 0 spiro atoms. The lowest BCUT2D eigenvalue weighted by atomic mass is 10.0. The van der Waals surface area contributed by atoms with Crippen LogP contribution in [0.3, 0.4) is 0 Å². The second kappa shape index (κ2) is 8.48. The predicted octanol–water partition coefficient (Wildman–Crippen LogP) is 2.32. The van der Waals surface area contributed by atoms with Crippen LogP contribution in [0.5, 0.6) is 0 Å². The highest BCUT2D eigenvalue weighted by atomic mass is 32.2. The zero-order valence-corrected chi connectivity index (χ0v) is 18.2. The molecule has 0 atom stereocenters. The number of aromatic nitrogens is 3. The van der Waals surface area contributed by atoms with Crippen molar-refractivity contribution in [3.05, 3.63) is 64.7 Å². The zero-order valence-electron chi connectivity index (χ0n) is 17.4. The highest BCUT2D eigenvalue weighted by Crippen LogP contribution is 2.19. The standard InChI is InChI=1S/C21H24N4O5S/c1-21(2,3)24-31(29,30)16-8-9-18(22-12-16)25-20(28)17(13-23-25)15-6-4-5-14(11-15)7-10-19(26)27/h4-6,8-9,11-13,23-24H,7,10H2,1-3H3,(H,26,27). The van der Waals surface area contributed by atoms with Gasteiger partial charge in [0.2, 0.25) is 10.0 Å². The number of carboxylic acids is 1. The summed E-state index contributed by atoms with van der Waals surface area (Å²) < 4.78 is 28.6. The summed E-state index contributed by atoms with van der Waals surface area (Å²) in [6.07, 6.45) is 3.10. The maximum Gasteiger partial charge on any atom is 0.303 e. The molecule has 1 aromatic carbocycles. The van der Waals surface area contributed by atoms with Gasteiger partial charge >= 0.3 is 5.97 Å². The Labute approximate surface area is 179 Å². The molecule has 0 fully saturated rings. The number of sulfonamides is 1. The van der Waals surface area contributed by atoms with Crippen LogP contribution in [0, 0.1) is 0 Å². The van der Waals surface area contributed by atoms with Crippen LogP contribution in [0.15, 0.2) is 58.5 Å². The number of rotatable bonds is 7. The van der Waals surface area contributed by atoms with Crippen LogP contribution in [0.25, 0.3) is 16.9 Å². The molecular weight excluding hydrogens is 420 g/mol. The van der Waals surface area contributed by atoms with Gasteiger partial charge in [-0.15, -0.1) is 0 Å². The van der Waals surface area contributed by atoms with Crippen molar-refractivity contribution in [3.63, 3.8) is 0 Å². The largest absolute Gasteiger partial charge is 0.481 e. The van der Waals surface area contributed by atoms with E-state index in [0.717, 1.165) is 5.56 Å². The smallest absolute Gasteiger partial charge is 0.303 e. The maximum absolute atomic E-state index is 12.9. The third kappa shape index (κ3) is 5.47. The summed E-state index contributed by atoms with van der Waals surface area (Å²) in [6, 6.07) is 9.95. The molecule has 0 amide bonds. The van der Waals surface area contributed by atoms with Crippen LogP contribution in [0.2, 0.25) is 0 Å². The molecule has 0 aliphatic carbocycles. The van der Waals surface area contributed by atoms with Crippen molar-refractivity contribution in [2.75, 3.05) is 0 Å². The van der Waals surface area contributed by atoms with E-state index in [1.165, 1.54) is 29.2 Å². The van der Waals surface area contributed by atoms with Gasteiger partial charge in [-0.2, -0.15) is 0 Å². The van der Waals surface area contributed by atoms with Crippen LogP contribution >= 0.6 is 0 Å². The number of hydrogen-bond acceptors (Lipinski definition) is 5. The molecule has 3 N–H and O–H groups in total. The van der Waals surface area contributed by atoms with Gasteiger partial charge in [0.05, 0.1) is 5.56 Å². The molecule has 2 heterocycles. The Bertz CT molecular complexity index is 1250. The first kappa shape index (κ1) is 22.4. The van der Waals surface area contributed by atoms with Crippen LogP contribution < -0.4 is 10.3 Å². The van der Waals surface area contributed by atoms with Gasteiger partial charge in [-0.05, 0) is 50.5 Å². The number of aliphatic carboxylic acids is 1. The van der Waals surface area contributed by atoms with Crippen molar-refractivity contribution in [1.82, 2.24) is 19.5 Å². The van der Waals surface area contributed by atoms with Crippen LogP contribution in [-0.4, -0.2) is 39.8 Å². The number of carbonyl (C=O) groups is 1. The number of H-pyrrole nitrogens is 1. The van der Waals surface area contributed by atoms with Crippen LogP contribution in [0.4, 0.5) is 0 Å². The molecule has 3 aromatic rings. The highest BCUT2D eigenvalue weighted by Gasteiger charge is 2.22. The summed E-state index contributed by atoms with van der Waals surface area (Å²) in [7, 11) is -3.73. The summed E-state index contributed by atoms with van der Waals surface area (Å²) >= 11 is 0. The van der Waals surface area contributed by atoms with Crippen molar-refractivity contribution in [2.45, 2.75) is 44.0 Å². The maximum atomic E-state index is 12.9. The second-order valence-corrected chi connectivity index (χ2v) is 9.81. The average molecular weight is 445 g/mol. The van der Waals surface area contributed by atoms with E-state index in [-0.39, 0.29) is 22.7 Å². The summed E-state index contributed by atoms with van der Waals surface area (Å²) in [5, 5.41) is 11.7. The second-order valence-electron chi connectivity index (χ2n) is 8.13. The van der Waals surface area contributed by atoms with Gasteiger partial charge in [0.1, 0.15) is 4.90 Å². The predicted molar refractivity (Wildman–Crippen MR) is 116 cm³/mol. The Morgan fingerprint density at radius 1 is 1.23 bits per heavy atom. The summed E-state index contributed by atoms with van der Waals surface area (Å²) in [5.74, 6) is -0.642. The molecule has 0 aliphatic rings. The van der Waals surface area contributed by atoms with E-state index in [1.807, 2.05) is 6.07 Å². The number of nitrogens with one attached hydrogen (secondary N) is 2. The highest BCUT2D eigenvalue weighted by molar-refractivity contribution is 7.89. The number of nitrogens with zero attached hydrogens (tertiary/aromatic N) is 2. The number of hydrogen-bond donors (Lipinski definition) is 3. The quantitative estimate of drug-likeness (QED) is 0.512. The van der Waals surface area contributed by atoms with E-state index in [4.69, 9.17) is 5.11 Å². The monoisotopic (exact) mass is 444 g/mol. The van der Waals surface area contributed by atoms with Gasteiger partial charge < -0.3 is 5.11 Å². The van der Waals surface area contributed by atoms with Crippen molar-refractivity contribution < 1.29 is 18.3 Å². The summed E-state index contributed by atoms with van der Waals surface area (Å²) in [5.41, 5.74) is 0.862. The van der Waals surface area contributed by atoms with Gasteiger partial charge in [-0.3, -0.25) is 14.7 Å². The zero-order chi connectivity index (χ0) is 22.8. The third-order valence-corrected chi connectivity index (χ3v) is 6.08. The van der Waals surface area contributed by atoms with E-state index >= 15 is 0 Å². The van der Waals surface area contributed by atoms with Crippen molar-refractivity contribution in [1.29, 1.82) is 0 Å². The Morgan fingerprint density at radius 2 is 1.97 bits per heavy atom. The molecule has 31 heavy (non-hydrogen) atoms. The van der Waals surface area contributed by atoms with Gasteiger partial charge in [0, 0.05) is 24.4 Å². The molecular formula is C21H24N4O5S. The summed E-state index contributed by atoms with van der Waals surface area (Å²) in [4.78, 5) is 27.8. The first-order valence-corrected chi connectivity index (χ1v) is 11.1. The van der Waals surface area contributed by atoms with Crippen molar-refractivity contribution in [3.8, 4) is 16.9 Å². The van der Waals surface area contributed by atoms with Crippen LogP contribution in [-0.2, 0) is 21.2 Å². The molecule has 9 nitrogen and oxygen atoms in total. The van der Waals surface area contributed by atoms with Crippen molar-refractivity contribution in [2.24, 2.45) is 0 Å². The van der Waals surface area contributed by atoms with E-state index in [2.05, 4.69) is 14.8 Å². The molecule has 0 saturated carbocycles. The number of aryl methyl sites for hydroxylation is 1. The molecule has 0 saturated heterocycles. The molecule has 164 valence electrons. The molecule has 0 aliphatic heterocycles. The van der Waals surface area contributed by atoms with Crippen molar-refractivity contribution >= 4 is 16.0 Å². The Balaban J connectivity index is 1.88. The fraction of sp³-hybridized carbons (Fsp3) is 0.286. The third-order valence-electron chi connectivity index (χ3n) is 4.34. The van der Waals surface area contributed by atoms with E-state index < -0.39 is 21.5 Å². The minimum atomic E-state index is -3.73. The number of carboxylic acid groups (broad SMARTS) is 1. The number of aromatic amines is 1. The van der Waals surface area contributed by atoms with E-state index in [9.17, 15) is 18.0 Å². The van der Waals surface area contributed by atoms with Crippen LogP contribution in [0.1, 0.15) is 32.8 Å². The topological polar surface area (TPSA) is 134 Å². The Hall–Kier alpha value is -3.24. The average Bonchev–Trinajstić information content (AvgIpc) is 3.06. The van der Waals surface area contributed by atoms with Gasteiger partial charge in [0.25, 0.3) is 5.56 Å². The first-order chi connectivity index (χ1) is 14.5. The molecule has 3 rings (SSSR count). The Morgan fingerprint density at radius 3 is 2.58 bits per heavy atom. The normalized spacial score (nSPS) is 12.1. The number of benzene rings is 1. The molecule has 0 bridgehead atoms. The SMILES string of the molecule is CC(C)(C)NS(=O)(=O)c1ccc(-n2[nH]cc(-c3cccc(CCC(=O)O)c3)c2=O)nc1. The van der Waals surface area contributed by atoms with E-state index in [0.29, 0.717) is 17.5 Å². The Kier molecular flexibility index (Phi) is 6.14. The first-order valence-electron chi connectivity index (χ1n) is 9.58. The minimum absolute atomic E-state index is 0.00265. The van der Waals surface area contributed by atoms with E-state index in [1.54, 1.807) is 39.0 Å². The summed E-state index contributed by atoms with van der Waals surface area (Å²) in [6.45, 7) is 5.22.